The number of hydrogen-bond acceptors (Lipinski definition) is 5. The summed E-state index contributed by atoms with van der Waals surface area (Å²) in [7, 11) is 0. The average Bonchev–Trinajstić information content (AvgIpc) is 3.52. The molecule has 0 saturated carbocycles. The molecule has 33 heavy (non-hydrogen) atoms. The number of carbonyl (C=O) groups is 1. The fourth-order valence-corrected chi connectivity index (χ4v) is 5.13. The van der Waals surface area contributed by atoms with Gasteiger partial charge in [-0.05, 0) is 45.1 Å². The van der Waals surface area contributed by atoms with E-state index in [0.717, 1.165) is 53.3 Å². The summed E-state index contributed by atoms with van der Waals surface area (Å²) in [6, 6.07) is 8.20. The third-order valence-electron chi connectivity index (χ3n) is 6.40. The quantitative estimate of drug-likeness (QED) is 0.430. The van der Waals surface area contributed by atoms with Gasteiger partial charge in [-0.2, -0.15) is 0 Å². The van der Waals surface area contributed by atoms with Crippen LogP contribution in [0, 0.1) is 5.92 Å². The first-order valence-corrected chi connectivity index (χ1v) is 12.8. The van der Waals surface area contributed by atoms with Gasteiger partial charge in [0.25, 0.3) is 0 Å². The van der Waals surface area contributed by atoms with Crippen LogP contribution in [0.4, 0.5) is 0 Å². The lowest BCUT2D eigenvalue weighted by atomic mass is 10.0. The third kappa shape index (κ3) is 5.27. The molecule has 2 aromatic heterocycles. The number of carbonyl (C=O) groups excluding carboxylic acids is 1. The van der Waals surface area contributed by atoms with Crippen molar-refractivity contribution in [2.45, 2.75) is 82.5 Å². The minimum absolute atomic E-state index is 0.0437. The van der Waals surface area contributed by atoms with Gasteiger partial charge < -0.3 is 15.0 Å². The van der Waals surface area contributed by atoms with Gasteiger partial charge in [-0.15, -0.1) is 10.2 Å². The summed E-state index contributed by atoms with van der Waals surface area (Å²) in [5, 5.41) is 14.0. The lowest BCUT2D eigenvalue weighted by Crippen LogP contribution is -2.47. The van der Waals surface area contributed by atoms with E-state index in [1.807, 2.05) is 18.3 Å². The Morgan fingerprint density at radius 2 is 2.12 bits per heavy atom. The van der Waals surface area contributed by atoms with E-state index in [1.54, 1.807) is 0 Å². The first kappa shape index (κ1) is 23.8. The molecule has 1 aliphatic heterocycles. The number of nitrogens with one attached hydrogen (secondary N) is 2. The number of H-pyrrole nitrogens is 1. The first-order chi connectivity index (χ1) is 15.8. The molecule has 2 N–H and O–H groups in total. The number of benzene rings is 1. The summed E-state index contributed by atoms with van der Waals surface area (Å²) in [5.41, 5.74) is 1.83. The van der Waals surface area contributed by atoms with Crippen molar-refractivity contribution >= 4 is 28.6 Å². The molecular weight excluding hydrogens is 434 g/mol. The molecule has 0 aliphatic carbocycles. The normalized spacial score (nSPS) is 17.7. The van der Waals surface area contributed by atoms with Gasteiger partial charge in [-0.1, -0.05) is 50.7 Å². The number of fused-ring (bicyclic) bond motifs is 1. The van der Waals surface area contributed by atoms with Crippen LogP contribution in [0.25, 0.3) is 22.3 Å². The number of nitrogens with zero attached hydrogens (tertiary/aromatic N) is 3. The molecule has 3 aromatic rings. The number of aromatic nitrogens is 4. The van der Waals surface area contributed by atoms with E-state index in [2.05, 4.69) is 71.8 Å². The molecule has 1 saturated heterocycles. The maximum atomic E-state index is 13.2. The van der Waals surface area contributed by atoms with Gasteiger partial charge >= 0.3 is 0 Å². The predicted molar refractivity (Wildman–Crippen MR) is 133 cm³/mol. The zero-order valence-electron chi connectivity index (χ0n) is 20.2. The van der Waals surface area contributed by atoms with Gasteiger partial charge in [-0.25, -0.2) is 0 Å². The summed E-state index contributed by atoms with van der Waals surface area (Å²) >= 11 is 1.50. The summed E-state index contributed by atoms with van der Waals surface area (Å²) < 4.78 is 8.09. The summed E-state index contributed by atoms with van der Waals surface area (Å²) in [6.45, 7) is 11.8. The largest absolute Gasteiger partial charge is 0.376 e. The monoisotopic (exact) mass is 469 g/mol. The van der Waals surface area contributed by atoms with Crippen LogP contribution in [0.3, 0.4) is 0 Å². The number of amides is 1. The highest BCUT2D eigenvalue weighted by Gasteiger charge is 2.31. The van der Waals surface area contributed by atoms with Crippen molar-refractivity contribution in [3.05, 3.63) is 30.5 Å². The number of aromatic amines is 1. The third-order valence-corrected chi connectivity index (χ3v) is 7.92. The van der Waals surface area contributed by atoms with Crippen LogP contribution < -0.4 is 5.32 Å². The lowest BCUT2D eigenvalue weighted by molar-refractivity contribution is -0.122. The fourth-order valence-electron chi connectivity index (χ4n) is 4.09. The van der Waals surface area contributed by atoms with E-state index in [0.29, 0.717) is 6.54 Å². The zero-order valence-corrected chi connectivity index (χ0v) is 21.0. The Labute approximate surface area is 200 Å². The Morgan fingerprint density at radius 1 is 1.33 bits per heavy atom. The molecule has 4 rings (SSSR count). The number of ether oxygens (including phenoxy) is 1. The van der Waals surface area contributed by atoms with Crippen molar-refractivity contribution in [2.75, 3.05) is 6.61 Å². The molecule has 2 unspecified atom stereocenters. The van der Waals surface area contributed by atoms with Crippen LogP contribution in [0.1, 0.15) is 53.9 Å². The Morgan fingerprint density at radius 3 is 2.82 bits per heavy atom. The van der Waals surface area contributed by atoms with Gasteiger partial charge in [0.1, 0.15) is 0 Å². The molecule has 1 aliphatic rings. The van der Waals surface area contributed by atoms with Crippen molar-refractivity contribution in [1.29, 1.82) is 0 Å². The topological polar surface area (TPSA) is 84.8 Å². The summed E-state index contributed by atoms with van der Waals surface area (Å²) in [6.07, 6.45) is 5.09. The standard InChI is InChI=1S/C25H35N5O2S/c1-6-25(4,5)27-23(31)21(16(2)3)33-24-29-28-22(30(24)15-17-10-9-13-32-17)19-14-26-20-12-8-7-11-18(19)20/h7-8,11-12,14,16-17,21,26H,6,9-10,13,15H2,1-5H3,(H,27,31). The Bertz CT molecular complexity index is 1100. The highest BCUT2D eigenvalue weighted by molar-refractivity contribution is 8.00. The predicted octanol–water partition coefficient (Wildman–Crippen LogP) is 5.03. The maximum Gasteiger partial charge on any atom is 0.234 e. The summed E-state index contributed by atoms with van der Waals surface area (Å²) in [5.74, 6) is 0.997. The van der Waals surface area contributed by atoms with Crippen LogP contribution in [0.2, 0.25) is 0 Å². The number of thioether (sulfide) groups is 1. The van der Waals surface area contributed by atoms with Gasteiger partial charge in [0.15, 0.2) is 11.0 Å². The molecule has 0 bridgehead atoms. The number of rotatable bonds is 9. The Balaban J connectivity index is 1.69. The smallest absolute Gasteiger partial charge is 0.234 e. The zero-order chi connectivity index (χ0) is 23.6. The van der Waals surface area contributed by atoms with Crippen molar-refractivity contribution in [3.63, 3.8) is 0 Å². The van der Waals surface area contributed by atoms with Crippen LogP contribution >= 0.6 is 11.8 Å². The van der Waals surface area contributed by atoms with E-state index in [4.69, 9.17) is 4.74 Å². The second-order valence-corrected chi connectivity index (χ2v) is 10.9. The van der Waals surface area contributed by atoms with Crippen molar-refractivity contribution < 1.29 is 9.53 Å². The van der Waals surface area contributed by atoms with Crippen LogP contribution in [-0.2, 0) is 16.1 Å². The van der Waals surface area contributed by atoms with Crippen molar-refractivity contribution in [1.82, 2.24) is 25.1 Å². The molecule has 1 fully saturated rings. The molecule has 1 amide bonds. The van der Waals surface area contributed by atoms with E-state index >= 15 is 0 Å². The second-order valence-electron chi connectivity index (χ2n) is 9.81. The van der Waals surface area contributed by atoms with Crippen LogP contribution in [0.15, 0.2) is 35.6 Å². The minimum atomic E-state index is -0.265. The van der Waals surface area contributed by atoms with Crippen molar-refractivity contribution in [3.8, 4) is 11.4 Å². The molecule has 3 heterocycles. The fraction of sp³-hybridized carbons (Fsp3) is 0.560. The molecule has 0 spiro atoms. The second kappa shape index (κ2) is 9.89. The highest BCUT2D eigenvalue weighted by Crippen LogP contribution is 2.34. The minimum Gasteiger partial charge on any atom is -0.376 e. The highest BCUT2D eigenvalue weighted by atomic mass is 32.2. The van der Waals surface area contributed by atoms with Gasteiger partial charge in [-0.3, -0.25) is 9.36 Å². The van der Waals surface area contributed by atoms with Gasteiger partial charge in [0.2, 0.25) is 5.91 Å². The molecule has 0 radical (unpaired) electrons. The van der Waals surface area contributed by atoms with Gasteiger partial charge in [0.05, 0.1) is 17.9 Å². The average molecular weight is 470 g/mol. The van der Waals surface area contributed by atoms with Gasteiger partial charge in [0, 0.05) is 34.8 Å². The Kier molecular flexibility index (Phi) is 7.14. The SMILES string of the molecule is CCC(C)(C)NC(=O)C(Sc1nnc(-c2c[nH]c3ccccc23)n1CC1CCCO1)C(C)C. The lowest BCUT2D eigenvalue weighted by Gasteiger charge is -2.28. The number of para-hydroxylation sites is 1. The van der Waals surface area contributed by atoms with E-state index in [9.17, 15) is 4.79 Å². The number of hydrogen-bond donors (Lipinski definition) is 2. The molecule has 1 aromatic carbocycles. The Hall–Kier alpha value is -2.32. The van der Waals surface area contributed by atoms with Crippen molar-refractivity contribution in [2.24, 2.45) is 5.92 Å². The van der Waals surface area contributed by atoms with Crippen LogP contribution in [0.5, 0.6) is 0 Å². The first-order valence-electron chi connectivity index (χ1n) is 11.9. The van der Waals surface area contributed by atoms with Crippen LogP contribution in [-0.4, -0.2) is 49.2 Å². The molecule has 7 nitrogen and oxygen atoms in total. The maximum absolute atomic E-state index is 13.2. The van der Waals surface area contributed by atoms with E-state index in [-0.39, 0.29) is 28.7 Å². The summed E-state index contributed by atoms with van der Waals surface area (Å²) in [4.78, 5) is 16.6. The molecule has 2 atom stereocenters. The van der Waals surface area contributed by atoms with E-state index < -0.39 is 0 Å². The molecular formula is C25H35N5O2S. The molecule has 8 heteroatoms. The van der Waals surface area contributed by atoms with E-state index in [1.165, 1.54) is 11.8 Å². The molecule has 178 valence electrons.